The van der Waals surface area contributed by atoms with Crippen LogP contribution in [-0.2, 0) is 14.3 Å². The predicted octanol–water partition coefficient (Wildman–Crippen LogP) is 1.52. The highest BCUT2D eigenvalue weighted by Gasteiger charge is 2.17. The van der Waals surface area contributed by atoms with Crippen LogP contribution in [0.1, 0.15) is 17.3 Å². The van der Waals surface area contributed by atoms with Crippen LogP contribution in [0.25, 0.3) is 0 Å². The first-order chi connectivity index (χ1) is 11.9. The van der Waals surface area contributed by atoms with Crippen LogP contribution in [0.2, 0.25) is 0 Å². The molecule has 0 spiro atoms. The number of benzene rings is 1. The summed E-state index contributed by atoms with van der Waals surface area (Å²) in [4.78, 5) is 34.1. The first-order valence-electron chi connectivity index (χ1n) is 7.13. The molecule has 0 aliphatic rings. The van der Waals surface area contributed by atoms with Crippen molar-refractivity contribution < 1.29 is 33.7 Å². The van der Waals surface area contributed by atoms with Gasteiger partial charge in [0.15, 0.2) is 12.5 Å². The molecule has 0 radical (unpaired) electrons. The number of carboxylic acid groups (broad SMARTS) is 1. The molecule has 1 aromatic rings. The highest BCUT2D eigenvalue weighted by Crippen LogP contribution is 2.27. The maximum atomic E-state index is 12.2. The van der Waals surface area contributed by atoms with Crippen LogP contribution in [0.4, 0.5) is 0 Å². The van der Waals surface area contributed by atoms with Crippen molar-refractivity contribution in [2.75, 3.05) is 21.0 Å². The van der Waals surface area contributed by atoms with Crippen molar-refractivity contribution in [3.05, 3.63) is 47.7 Å². The number of ether oxygens (including phenoxy) is 3. The summed E-state index contributed by atoms with van der Waals surface area (Å²) in [5.41, 5.74) is 0.402. The van der Waals surface area contributed by atoms with Crippen LogP contribution in [0.3, 0.4) is 0 Å². The van der Waals surface area contributed by atoms with E-state index in [0.29, 0.717) is 11.5 Å². The molecule has 1 amide bonds. The van der Waals surface area contributed by atoms with Gasteiger partial charge in [0.05, 0.1) is 20.5 Å². The molecule has 8 nitrogen and oxygen atoms in total. The summed E-state index contributed by atoms with van der Waals surface area (Å²) < 4.78 is 15.4. The molecule has 0 aromatic heterocycles. The van der Waals surface area contributed by atoms with Crippen molar-refractivity contribution >= 4 is 17.7 Å². The lowest BCUT2D eigenvalue weighted by Crippen LogP contribution is -2.26. The monoisotopic (exact) mass is 349 g/mol. The number of carbonyl (C=O) groups excluding carboxylic acids is 2. The molecule has 1 aromatic carbocycles. The Balaban J connectivity index is 2.65. The summed E-state index contributed by atoms with van der Waals surface area (Å²) in [6.07, 6.45) is 2.78. The Morgan fingerprint density at radius 2 is 1.72 bits per heavy atom. The van der Waals surface area contributed by atoms with Gasteiger partial charge in [0.25, 0.3) is 5.91 Å². The fourth-order valence-corrected chi connectivity index (χ4v) is 1.77. The summed E-state index contributed by atoms with van der Waals surface area (Å²) in [5.74, 6) is -1.52. The van der Waals surface area contributed by atoms with Gasteiger partial charge in [-0.15, -0.1) is 0 Å². The van der Waals surface area contributed by atoms with Gasteiger partial charge in [0.2, 0.25) is 0 Å². The third-order valence-electron chi connectivity index (χ3n) is 3.00. The first-order valence-corrected chi connectivity index (χ1v) is 7.13. The molecule has 1 rings (SSSR count). The maximum Gasteiger partial charge on any atom is 0.328 e. The number of carbonyl (C=O) groups is 3. The molecule has 25 heavy (non-hydrogen) atoms. The molecular formula is C17H19NO7. The Morgan fingerprint density at radius 3 is 2.24 bits per heavy atom. The van der Waals surface area contributed by atoms with E-state index >= 15 is 0 Å². The number of rotatable bonds is 9. The number of methoxy groups -OCH3 is 2. The Morgan fingerprint density at radius 1 is 1.12 bits per heavy atom. The molecule has 0 saturated carbocycles. The van der Waals surface area contributed by atoms with Crippen LogP contribution < -0.4 is 14.8 Å². The normalized spacial score (nSPS) is 11.1. The minimum absolute atomic E-state index is 0.182. The minimum atomic E-state index is -1.22. The van der Waals surface area contributed by atoms with Crippen molar-refractivity contribution in [2.45, 2.75) is 6.92 Å². The molecule has 0 bridgehead atoms. The highest BCUT2D eigenvalue weighted by molar-refractivity contribution is 6.05. The van der Waals surface area contributed by atoms with Gasteiger partial charge in [-0.3, -0.25) is 9.59 Å². The fourth-order valence-electron chi connectivity index (χ4n) is 1.77. The second-order valence-electron chi connectivity index (χ2n) is 4.69. The number of hydrogen-bond acceptors (Lipinski definition) is 6. The number of allylic oxidation sites excluding steroid dienone is 2. The van der Waals surface area contributed by atoms with Gasteiger partial charge < -0.3 is 24.6 Å². The Bertz CT molecular complexity index is 685. The summed E-state index contributed by atoms with van der Waals surface area (Å²) in [6.45, 7) is 1.26. The lowest BCUT2D eigenvalue weighted by atomic mass is 10.1. The number of aliphatic carboxylic acids is 1. The van der Waals surface area contributed by atoms with Gasteiger partial charge in [-0.2, -0.15) is 0 Å². The lowest BCUT2D eigenvalue weighted by molar-refractivity contribution is -0.131. The van der Waals surface area contributed by atoms with Gasteiger partial charge in [-0.05, 0) is 25.1 Å². The maximum absolute atomic E-state index is 12.2. The molecule has 0 heterocycles. The molecule has 134 valence electrons. The molecular weight excluding hydrogens is 330 g/mol. The second kappa shape index (κ2) is 9.76. The van der Waals surface area contributed by atoms with E-state index in [1.165, 1.54) is 21.1 Å². The summed E-state index contributed by atoms with van der Waals surface area (Å²) in [5, 5.41) is 11.0. The number of carboxylic acids is 1. The van der Waals surface area contributed by atoms with Crippen molar-refractivity contribution in [3.63, 3.8) is 0 Å². The van der Waals surface area contributed by atoms with Crippen LogP contribution in [-0.4, -0.2) is 43.7 Å². The SMILES string of the molecule is COc1cccc(OC)c1C(=O)NCO/C=C(\C)C(=O)/C=C/C(=O)O. The van der Waals surface area contributed by atoms with E-state index in [2.05, 4.69) is 5.32 Å². The smallest absolute Gasteiger partial charge is 0.328 e. The third-order valence-corrected chi connectivity index (χ3v) is 3.00. The van der Waals surface area contributed by atoms with E-state index in [0.717, 1.165) is 18.4 Å². The predicted molar refractivity (Wildman–Crippen MR) is 88.5 cm³/mol. The lowest BCUT2D eigenvalue weighted by Gasteiger charge is -2.12. The van der Waals surface area contributed by atoms with Crippen molar-refractivity contribution in [1.82, 2.24) is 5.32 Å². The average molecular weight is 349 g/mol. The van der Waals surface area contributed by atoms with Gasteiger partial charge in [0.1, 0.15) is 17.1 Å². The third kappa shape index (κ3) is 6.02. The molecule has 0 aliphatic carbocycles. The second-order valence-corrected chi connectivity index (χ2v) is 4.69. The minimum Gasteiger partial charge on any atom is -0.496 e. The van der Waals surface area contributed by atoms with Crippen LogP contribution in [0, 0.1) is 0 Å². The van der Waals surface area contributed by atoms with Gasteiger partial charge in [0, 0.05) is 11.6 Å². The number of ketones is 1. The standard InChI is InChI=1S/C17H19NO7/c1-11(12(19)7-8-15(20)21)9-25-10-18-17(22)16-13(23-2)5-4-6-14(16)24-3/h4-9H,10H2,1-3H3,(H,18,22)(H,20,21)/b8-7+,11-9+. The van der Waals surface area contributed by atoms with Crippen LogP contribution >= 0.6 is 0 Å². The zero-order valence-corrected chi connectivity index (χ0v) is 14.1. The average Bonchev–Trinajstić information content (AvgIpc) is 2.61. The molecule has 0 unspecified atom stereocenters. The zero-order chi connectivity index (χ0) is 18.8. The van der Waals surface area contributed by atoms with E-state index < -0.39 is 17.7 Å². The zero-order valence-electron chi connectivity index (χ0n) is 14.1. The number of amides is 1. The Labute approximate surface area is 144 Å². The molecule has 0 fully saturated rings. The van der Waals surface area contributed by atoms with E-state index in [9.17, 15) is 14.4 Å². The van der Waals surface area contributed by atoms with E-state index in [-0.39, 0.29) is 17.9 Å². The first kappa shape index (κ1) is 19.8. The van der Waals surface area contributed by atoms with Crippen molar-refractivity contribution in [3.8, 4) is 11.5 Å². The molecule has 0 saturated heterocycles. The summed E-state index contributed by atoms with van der Waals surface area (Å²) >= 11 is 0. The number of nitrogens with one attached hydrogen (secondary N) is 1. The summed E-state index contributed by atoms with van der Waals surface area (Å²) in [7, 11) is 2.87. The van der Waals surface area contributed by atoms with Crippen molar-refractivity contribution in [1.29, 1.82) is 0 Å². The number of hydrogen-bond donors (Lipinski definition) is 2. The Hall–Kier alpha value is -3.29. The molecule has 2 N–H and O–H groups in total. The van der Waals surface area contributed by atoms with Gasteiger partial charge in [-0.1, -0.05) is 6.07 Å². The van der Waals surface area contributed by atoms with Crippen LogP contribution in [0.5, 0.6) is 11.5 Å². The van der Waals surface area contributed by atoms with E-state index in [4.69, 9.17) is 19.3 Å². The van der Waals surface area contributed by atoms with Crippen molar-refractivity contribution in [2.24, 2.45) is 0 Å². The molecule has 0 atom stereocenters. The van der Waals surface area contributed by atoms with Crippen LogP contribution in [0.15, 0.2) is 42.2 Å². The van der Waals surface area contributed by atoms with E-state index in [1.54, 1.807) is 18.2 Å². The molecule has 0 aliphatic heterocycles. The fraction of sp³-hybridized carbons (Fsp3) is 0.235. The van der Waals surface area contributed by atoms with Gasteiger partial charge in [-0.25, -0.2) is 4.79 Å². The highest BCUT2D eigenvalue weighted by atomic mass is 16.5. The topological polar surface area (TPSA) is 111 Å². The summed E-state index contributed by atoms with van der Waals surface area (Å²) in [6, 6.07) is 4.93. The largest absolute Gasteiger partial charge is 0.496 e. The molecule has 8 heteroatoms. The van der Waals surface area contributed by atoms with Gasteiger partial charge >= 0.3 is 5.97 Å². The quantitative estimate of drug-likeness (QED) is 0.301. The Kier molecular flexibility index (Phi) is 7.71. The van der Waals surface area contributed by atoms with E-state index in [1.807, 2.05) is 0 Å².